The van der Waals surface area contributed by atoms with E-state index in [2.05, 4.69) is 0 Å². The van der Waals surface area contributed by atoms with Crippen molar-refractivity contribution < 1.29 is 19.1 Å². The molecule has 1 heterocycles. The summed E-state index contributed by atoms with van der Waals surface area (Å²) < 4.78 is 10.7. The number of aryl methyl sites for hydroxylation is 1. The highest BCUT2D eigenvalue weighted by Gasteiger charge is 2.36. The summed E-state index contributed by atoms with van der Waals surface area (Å²) in [4.78, 5) is 29.3. The zero-order valence-corrected chi connectivity index (χ0v) is 16.1. The number of hydrogen-bond donors (Lipinski definition) is 0. The van der Waals surface area contributed by atoms with Crippen molar-refractivity contribution in [1.82, 2.24) is 4.90 Å². The van der Waals surface area contributed by atoms with Crippen molar-refractivity contribution in [2.75, 3.05) is 32.2 Å². The highest BCUT2D eigenvalue weighted by Crippen LogP contribution is 2.34. The number of piperazine rings is 1. The molecule has 142 valence electrons. The number of anilines is 1. The number of carbonyl (C=O) groups excluding carboxylic acids is 2. The van der Waals surface area contributed by atoms with E-state index >= 15 is 0 Å². The first-order valence-electron chi connectivity index (χ1n) is 8.88. The minimum atomic E-state index is -0.568. The molecule has 0 aromatic heterocycles. The minimum absolute atomic E-state index is 0.119. The average Bonchev–Trinajstić information content (AvgIpc) is 2.69. The van der Waals surface area contributed by atoms with E-state index in [1.54, 1.807) is 55.2 Å². The number of benzene rings is 2. The fraction of sp³-hybridized carbons (Fsp3) is 0.333. The third kappa shape index (κ3) is 3.47. The van der Waals surface area contributed by atoms with Gasteiger partial charge in [0.1, 0.15) is 17.5 Å². The molecule has 2 amide bonds. The maximum Gasteiger partial charge on any atom is 0.254 e. The average molecular weight is 368 g/mol. The van der Waals surface area contributed by atoms with Crippen molar-refractivity contribution in [3.05, 3.63) is 53.6 Å². The van der Waals surface area contributed by atoms with E-state index < -0.39 is 6.04 Å². The van der Waals surface area contributed by atoms with Gasteiger partial charge < -0.3 is 19.3 Å². The van der Waals surface area contributed by atoms with Gasteiger partial charge in [0.25, 0.3) is 5.91 Å². The molecule has 1 aliphatic rings. The number of ether oxygens (including phenoxy) is 2. The third-order valence-electron chi connectivity index (χ3n) is 4.97. The van der Waals surface area contributed by atoms with Crippen molar-refractivity contribution >= 4 is 17.5 Å². The van der Waals surface area contributed by atoms with Crippen LogP contribution in [-0.4, -0.2) is 50.1 Å². The van der Waals surface area contributed by atoms with Crippen LogP contribution in [0.3, 0.4) is 0 Å². The zero-order chi connectivity index (χ0) is 19.6. The van der Waals surface area contributed by atoms with E-state index in [4.69, 9.17) is 9.47 Å². The Morgan fingerprint density at radius 3 is 2.48 bits per heavy atom. The number of amides is 2. The van der Waals surface area contributed by atoms with Crippen molar-refractivity contribution in [2.24, 2.45) is 0 Å². The summed E-state index contributed by atoms with van der Waals surface area (Å²) in [6.45, 7) is 4.50. The van der Waals surface area contributed by atoms with Crippen LogP contribution >= 0.6 is 0 Å². The van der Waals surface area contributed by atoms with Crippen molar-refractivity contribution in [1.29, 1.82) is 0 Å². The van der Waals surface area contributed by atoms with Crippen molar-refractivity contribution in [3.63, 3.8) is 0 Å². The van der Waals surface area contributed by atoms with E-state index in [1.807, 2.05) is 25.1 Å². The summed E-state index contributed by atoms with van der Waals surface area (Å²) in [6.07, 6.45) is 0. The molecule has 2 aromatic carbocycles. The number of hydrogen-bond acceptors (Lipinski definition) is 4. The highest BCUT2D eigenvalue weighted by atomic mass is 16.5. The van der Waals surface area contributed by atoms with Crippen LogP contribution in [-0.2, 0) is 4.79 Å². The summed E-state index contributed by atoms with van der Waals surface area (Å²) in [5, 5.41) is 0. The fourth-order valence-electron chi connectivity index (χ4n) is 3.36. The van der Waals surface area contributed by atoms with Gasteiger partial charge in [0, 0.05) is 24.7 Å². The Labute approximate surface area is 159 Å². The molecular formula is C21H24N2O4. The van der Waals surface area contributed by atoms with Crippen molar-refractivity contribution in [2.45, 2.75) is 19.9 Å². The maximum atomic E-state index is 13.1. The normalized spacial score (nSPS) is 17.0. The molecule has 0 N–H and O–H groups in total. The van der Waals surface area contributed by atoms with Crippen LogP contribution in [0.5, 0.6) is 11.5 Å². The molecule has 3 rings (SSSR count). The molecule has 1 saturated heterocycles. The lowest BCUT2D eigenvalue weighted by Crippen LogP contribution is -2.57. The lowest BCUT2D eigenvalue weighted by Gasteiger charge is -2.39. The van der Waals surface area contributed by atoms with E-state index in [1.165, 1.54) is 0 Å². The van der Waals surface area contributed by atoms with Gasteiger partial charge in [0.2, 0.25) is 5.91 Å². The molecule has 0 radical (unpaired) electrons. The quantitative estimate of drug-likeness (QED) is 0.833. The predicted molar refractivity (Wildman–Crippen MR) is 104 cm³/mol. The Morgan fingerprint density at radius 1 is 1.07 bits per heavy atom. The minimum Gasteiger partial charge on any atom is -0.497 e. The SMILES string of the molecule is COc1ccc(OC)c(N2CCN(C(=O)c3ccccc3C)C(C)C2=O)c1. The molecule has 0 bridgehead atoms. The lowest BCUT2D eigenvalue weighted by atomic mass is 10.0. The first-order chi connectivity index (χ1) is 13.0. The fourth-order valence-corrected chi connectivity index (χ4v) is 3.36. The summed E-state index contributed by atoms with van der Waals surface area (Å²) in [7, 11) is 3.14. The second kappa shape index (κ2) is 7.70. The number of methoxy groups -OCH3 is 2. The van der Waals surface area contributed by atoms with Crippen LogP contribution in [0.4, 0.5) is 5.69 Å². The van der Waals surface area contributed by atoms with Gasteiger partial charge in [-0.1, -0.05) is 18.2 Å². The standard InChI is InChI=1S/C21H24N2O4/c1-14-7-5-6-8-17(14)21(25)22-11-12-23(20(24)15(22)2)18-13-16(26-3)9-10-19(18)27-4/h5-10,13,15H,11-12H2,1-4H3. The van der Waals surface area contributed by atoms with Crippen LogP contribution in [0, 0.1) is 6.92 Å². The molecule has 0 spiro atoms. The topological polar surface area (TPSA) is 59.1 Å². The second-order valence-corrected chi connectivity index (χ2v) is 6.52. The molecule has 2 aromatic rings. The molecule has 1 atom stereocenters. The Hall–Kier alpha value is -3.02. The van der Waals surface area contributed by atoms with E-state index in [9.17, 15) is 9.59 Å². The second-order valence-electron chi connectivity index (χ2n) is 6.52. The van der Waals surface area contributed by atoms with Gasteiger partial charge in [-0.25, -0.2) is 0 Å². The van der Waals surface area contributed by atoms with E-state index in [0.29, 0.717) is 35.8 Å². The van der Waals surface area contributed by atoms with Gasteiger partial charge in [-0.2, -0.15) is 0 Å². The first-order valence-corrected chi connectivity index (χ1v) is 8.88. The summed E-state index contributed by atoms with van der Waals surface area (Å²) in [5.74, 6) is 0.973. The number of rotatable bonds is 4. The molecule has 0 aliphatic carbocycles. The van der Waals surface area contributed by atoms with Gasteiger partial charge in [0.05, 0.1) is 19.9 Å². The molecule has 1 unspecified atom stereocenters. The van der Waals surface area contributed by atoms with Gasteiger partial charge in [-0.3, -0.25) is 9.59 Å². The number of carbonyl (C=O) groups is 2. The van der Waals surface area contributed by atoms with Crippen molar-refractivity contribution in [3.8, 4) is 11.5 Å². The predicted octanol–water partition coefficient (Wildman–Crippen LogP) is 2.89. The Kier molecular flexibility index (Phi) is 5.35. The Morgan fingerprint density at radius 2 is 1.81 bits per heavy atom. The summed E-state index contributed by atoms with van der Waals surface area (Å²) in [5.41, 5.74) is 2.18. The van der Waals surface area contributed by atoms with Gasteiger partial charge in [-0.15, -0.1) is 0 Å². The summed E-state index contributed by atoms with van der Waals surface area (Å²) in [6, 6.07) is 12.2. The lowest BCUT2D eigenvalue weighted by molar-refractivity contribution is -0.124. The molecule has 6 heteroatoms. The molecule has 1 aliphatic heterocycles. The first kappa shape index (κ1) is 18.8. The molecule has 6 nitrogen and oxygen atoms in total. The van der Waals surface area contributed by atoms with Crippen LogP contribution in [0.2, 0.25) is 0 Å². The van der Waals surface area contributed by atoms with Gasteiger partial charge >= 0.3 is 0 Å². The highest BCUT2D eigenvalue weighted by molar-refractivity contribution is 6.04. The Bertz CT molecular complexity index is 865. The molecule has 0 saturated carbocycles. The zero-order valence-electron chi connectivity index (χ0n) is 16.1. The largest absolute Gasteiger partial charge is 0.497 e. The number of nitrogens with zero attached hydrogens (tertiary/aromatic N) is 2. The molecular weight excluding hydrogens is 344 g/mol. The van der Waals surface area contributed by atoms with Gasteiger partial charge in [0.15, 0.2) is 0 Å². The van der Waals surface area contributed by atoms with Crippen LogP contribution in [0.1, 0.15) is 22.8 Å². The molecule has 1 fully saturated rings. The smallest absolute Gasteiger partial charge is 0.254 e. The van der Waals surface area contributed by atoms with Gasteiger partial charge in [-0.05, 0) is 37.6 Å². The van der Waals surface area contributed by atoms with Crippen LogP contribution < -0.4 is 14.4 Å². The maximum absolute atomic E-state index is 13.1. The summed E-state index contributed by atoms with van der Waals surface area (Å²) >= 11 is 0. The Balaban J connectivity index is 1.87. The molecule has 27 heavy (non-hydrogen) atoms. The van der Waals surface area contributed by atoms with Crippen LogP contribution in [0.15, 0.2) is 42.5 Å². The third-order valence-corrected chi connectivity index (χ3v) is 4.97. The van der Waals surface area contributed by atoms with Crippen LogP contribution in [0.25, 0.3) is 0 Å². The van der Waals surface area contributed by atoms with E-state index in [-0.39, 0.29) is 11.8 Å². The monoisotopic (exact) mass is 368 g/mol. The van der Waals surface area contributed by atoms with E-state index in [0.717, 1.165) is 5.56 Å².